The molecule has 2 fully saturated rings. The number of aromatic nitrogens is 2. The summed E-state index contributed by atoms with van der Waals surface area (Å²) in [5.41, 5.74) is 2.54. The van der Waals surface area contributed by atoms with E-state index >= 15 is 0 Å². The van der Waals surface area contributed by atoms with Gasteiger partial charge >= 0.3 is 0 Å². The molecule has 2 aliphatic heterocycles. The van der Waals surface area contributed by atoms with Crippen LogP contribution in [-0.4, -0.2) is 77.5 Å². The predicted octanol–water partition coefficient (Wildman–Crippen LogP) is 1.35. The Morgan fingerprint density at radius 3 is 2.89 bits per heavy atom. The van der Waals surface area contributed by atoms with Gasteiger partial charge in [0.1, 0.15) is 0 Å². The van der Waals surface area contributed by atoms with E-state index in [1.807, 2.05) is 17.9 Å². The first-order valence-electron chi connectivity index (χ1n) is 10.1. The summed E-state index contributed by atoms with van der Waals surface area (Å²) in [5, 5.41) is 7.83. The molecule has 0 aliphatic carbocycles. The molecule has 1 aromatic carbocycles. The molecule has 2 unspecified atom stereocenters. The number of guanidine groups is 1. The second-order valence-electron chi connectivity index (χ2n) is 7.59. The van der Waals surface area contributed by atoms with Crippen molar-refractivity contribution in [1.29, 1.82) is 0 Å². The smallest absolute Gasteiger partial charge is 0.193 e. The van der Waals surface area contributed by atoms with Crippen molar-refractivity contribution < 1.29 is 4.74 Å². The third-order valence-electron chi connectivity index (χ3n) is 5.54. The van der Waals surface area contributed by atoms with Crippen molar-refractivity contribution in [2.75, 3.05) is 39.8 Å². The van der Waals surface area contributed by atoms with Crippen molar-refractivity contribution in [2.24, 2.45) is 4.99 Å². The molecule has 2 atom stereocenters. The Balaban J connectivity index is 1.34. The quantitative estimate of drug-likeness (QED) is 0.625. The lowest BCUT2D eigenvalue weighted by molar-refractivity contribution is -0.0502. The number of likely N-dealkylation sites (tertiary alicyclic amines) is 1. The van der Waals surface area contributed by atoms with Gasteiger partial charge < -0.3 is 15.0 Å². The zero-order valence-electron chi connectivity index (χ0n) is 16.8. The van der Waals surface area contributed by atoms with Crippen LogP contribution in [0.4, 0.5) is 0 Å². The second-order valence-corrected chi connectivity index (χ2v) is 7.59. The maximum absolute atomic E-state index is 6.09. The first-order chi connectivity index (χ1) is 13.7. The lowest BCUT2D eigenvalue weighted by Gasteiger charge is -2.36. The molecule has 1 N–H and O–H groups in total. The van der Waals surface area contributed by atoms with Gasteiger partial charge in [-0.2, -0.15) is 5.10 Å². The summed E-state index contributed by atoms with van der Waals surface area (Å²) in [5.74, 6) is 0.946. The maximum Gasteiger partial charge on any atom is 0.193 e. The molecule has 0 radical (unpaired) electrons. The van der Waals surface area contributed by atoms with Gasteiger partial charge in [0, 0.05) is 46.0 Å². The Labute approximate surface area is 167 Å². The van der Waals surface area contributed by atoms with E-state index in [4.69, 9.17) is 4.74 Å². The Morgan fingerprint density at radius 1 is 1.29 bits per heavy atom. The van der Waals surface area contributed by atoms with Crippen molar-refractivity contribution >= 4 is 5.96 Å². The van der Waals surface area contributed by atoms with Crippen LogP contribution in [0.25, 0.3) is 0 Å². The minimum atomic E-state index is 0.241. The SMILES string of the molecule is CN=C(NCCn1cc(C)cn1)N1CC2OCCN(Cc3ccccc3)C2C1. The van der Waals surface area contributed by atoms with Gasteiger partial charge in [-0.15, -0.1) is 0 Å². The number of hydrogen-bond donors (Lipinski definition) is 1. The Morgan fingerprint density at radius 2 is 2.14 bits per heavy atom. The number of nitrogens with one attached hydrogen (secondary N) is 1. The van der Waals surface area contributed by atoms with Gasteiger partial charge in [0.25, 0.3) is 0 Å². The predicted molar refractivity (Wildman–Crippen MR) is 110 cm³/mol. The van der Waals surface area contributed by atoms with Crippen LogP contribution < -0.4 is 5.32 Å². The average molecular weight is 383 g/mol. The summed E-state index contributed by atoms with van der Waals surface area (Å²) >= 11 is 0. The number of aryl methyl sites for hydroxylation is 1. The minimum Gasteiger partial charge on any atom is -0.373 e. The van der Waals surface area contributed by atoms with E-state index in [2.05, 4.69) is 68.7 Å². The fourth-order valence-corrected chi connectivity index (χ4v) is 4.15. The van der Waals surface area contributed by atoms with Crippen molar-refractivity contribution in [2.45, 2.75) is 32.2 Å². The van der Waals surface area contributed by atoms with Gasteiger partial charge in [-0.05, 0) is 18.1 Å². The molecule has 4 rings (SSSR count). The van der Waals surface area contributed by atoms with Gasteiger partial charge in [0.05, 0.1) is 31.5 Å². The molecule has 28 heavy (non-hydrogen) atoms. The van der Waals surface area contributed by atoms with Crippen molar-refractivity contribution in [1.82, 2.24) is 24.9 Å². The molecule has 3 heterocycles. The highest BCUT2D eigenvalue weighted by atomic mass is 16.5. The molecule has 150 valence electrons. The summed E-state index contributed by atoms with van der Waals surface area (Å²) in [6, 6.07) is 11.1. The third kappa shape index (κ3) is 4.36. The summed E-state index contributed by atoms with van der Waals surface area (Å²) in [6.45, 7) is 8.26. The lowest BCUT2D eigenvalue weighted by Crippen LogP contribution is -2.50. The molecule has 0 spiro atoms. The summed E-state index contributed by atoms with van der Waals surface area (Å²) in [4.78, 5) is 9.39. The molecule has 0 saturated carbocycles. The highest BCUT2D eigenvalue weighted by Crippen LogP contribution is 2.24. The van der Waals surface area contributed by atoms with E-state index in [-0.39, 0.29) is 6.10 Å². The zero-order chi connectivity index (χ0) is 19.3. The number of aliphatic imine (C=N–C) groups is 1. The molecule has 0 amide bonds. The largest absolute Gasteiger partial charge is 0.373 e. The first-order valence-corrected chi connectivity index (χ1v) is 10.1. The van der Waals surface area contributed by atoms with E-state index in [1.54, 1.807) is 0 Å². The van der Waals surface area contributed by atoms with E-state index in [0.29, 0.717) is 6.04 Å². The fraction of sp³-hybridized carbons (Fsp3) is 0.524. The minimum absolute atomic E-state index is 0.241. The van der Waals surface area contributed by atoms with Gasteiger partial charge in [-0.1, -0.05) is 30.3 Å². The summed E-state index contributed by atoms with van der Waals surface area (Å²) in [7, 11) is 1.85. The van der Waals surface area contributed by atoms with Crippen LogP contribution >= 0.6 is 0 Å². The van der Waals surface area contributed by atoms with Gasteiger partial charge in [-0.25, -0.2) is 0 Å². The Bertz CT molecular complexity index is 789. The van der Waals surface area contributed by atoms with Crippen LogP contribution in [-0.2, 0) is 17.8 Å². The van der Waals surface area contributed by atoms with Crippen LogP contribution in [0.15, 0.2) is 47.7 Å². The number of rotatable bonds is 5. The maximum atomic E-state index is 6.09. The number of ether oxygens (including phenoxy) is 1. The van der Waals surface area contributed by atoms with Gasteiger partial charge in [0.2, 0.25) is 0 Å². The summed E-state index contributed by atoms with van der Waals surface area (Å²) in [6.07, 6.45) is 4.19. The van der Waals surface area contributed by atoms with E-state index < -0.39 is 0 Å². The van der Waals surface area contributed by atoms with Crippen molar-refractivity contribution in [3.63, 3.8) is 0 Å². The fourth-order valence-electron chi connectivity index (χ4n) is 4.15. The number of morpholine rings is 1. The van der Waals surface area contributed by atoms with Crippen LogP contribution in [0, 0.1) is 6.92 Å². The first kappa shape index (κ1) is 19.0. The molecular weight excluding hydrogens is 352 g/mol. The normalized spacial score (nSPS) is 23.1. The zero-order valence-corrected chi connectivity index (χ0v) is 16.8. The van der Waals surface area contributed by atoms with Crippen molar-refractivity contribution in [3.8, 4) is 0 Å². The monoisotopic (exact) mass is 382 g/mol. The van der Waals surface area contributed by atoms with E-state index in [9.17, 15) is 0 Å². The van der Waals surface area contributed by atoms with Crippen LogP contribution in [0.1, 0.15) is 11.1 Å². The van der Waals surface area contributed by atoms with E-state index in [0.717, 1.165) is 51.8 Å². The Kier molecular flexibility index (Phi) is 5.92. The van der Waals surface area contributed by atoms with Crippen LogP contribution in [0.5, 0.6) is 0 Å². The van der Waals surface area contributed by atoms with Crippen molar-refractivity contribution in [3.05, 3.63) is 53.9 Å². The molecule has 0 bridgehead atoms. The molecule has 7 nitrogen and oxygen atoms in total. The standard InChI is InChI=1S/C21H30N6O/c1-17-12-24-27(13-17)9-8-23-21(22-2)26-15-19-20(16-26)28-11-10-25(19)14-18-6-4-3-5-7-18/h3-7,12-13,19-20H,8-11,14-16H2,1-2H3,(H,22,23). The number of fused-ring (bicyclic) bond motifs is 1. The molecule has 2 aliphatic rings. The number of benzene rings is 1. The molecular formula is C21H30N6O. The van der Waals surface area contributed by atoms with Crippen LogP contribution in [0.2, 0.25) is 0 Å². The highest BCUT2D eigenvalue weighted by Gasteiger charge is 2.41. The second kappa shape index (κ2) is 8.75. The third-order valence-corrected chi connectivity index (χ3v) is 5.54. The van der Waals surface area contributed by atoms with Crippen LogP contribution in [0.3, 0.4) is 0 Å². The average Bonchev–Trinajstić information content (AvgIpc) is 3.33. The Hall–Kier alpha value is -2.38. The molecule has 2 saturated heterocycles. The van der Waals surface area contributed by atoms with E-state index in [1.165, 1.54) is 11.1 Å². The van der Waals surface area contributed by atoms with Gasteiger partial charge in [0.15, 0.2) is 5.96 Å². The molecule has 2 aromatic rings. The number of hydrogen-bond acceptors (Lipinski definition) is 4. The molecule has 7 heteroatoms. The topological polar surface area (TPSA) is 57.9 Å². The highest BCUT2D eigenvalue weighted by molar-refractivity contribution is 5.80. The van der Waals surface area contributed by atoms with Gasteiger partial charge in [-0.3, -0.25) is 14.6 Å². The number of nitrogens with zero attached hydrogens (tertiary/aromatic N) is 5. The lowest BCUT2D eigenvalue weighted by atomic mass is 10.1. The summed E-state index contributed by atoms with van der Waals surface area (Å²) < 4.78 is 8.05. The molecule has 1 aromatic heterocycles.